The number of hydrogen-bond donors (Lipinski definition) is 1. The van der Waals surface area contributed by atoms with Gasteiger partial charge in [-0.3, -0.25) is 9.69 Å². The summed E-state index contributed by atoms with van der Waals surface area (Å²) in [6.07, 6.45) is 4.98. The standard InChI is InChI=1S/C26H32N4O3/c1-25(2,3)33-24(32)27-13-15-30(22-18-29-14-9-8-12-21(29)28-22)23(31)26(4)17-20(26)16-19-10-6-5-7-11-19/h5-12,14,18,20H,13,15-17H2,1-4H3,(H,27,32)/t20-,26+/m0/s1. The Morgan fingerprint density at radius 2 is 1.91 bits per heavy atom. The summed E-state index contributed by atoms with van der Waals surface area (Å²) in [6.45, 7) is 8.08. The lowest BCUT2D eigenvalue weighted by Crippen LogP contribution is -2.43. The second kappa shape index (κ2) is 8.89. The molecule has 2 amide bonds. The van der Waals surface area contributed by atoms with Crippen LogP contribution in [-0.4, -0.2) is 40.1 Å². The van der Waals surface area contributed by atoms with Crippen molar-refractivity contribution in [2.45, 2.75) is 46.1 Å². The van der Waals surface area contributed by atoms with Crippen molar-refractivity contribution in [3.63, 3.8) is 0 Å². The number of alkyl carbamates (subject to hydrolysis) is 1. The molecule has 0 spiro atoms. The highest BCUT2D eigenvalue weighted by molar-refractivity contribution is 5.99. The summed E-state index contributed by atoms with van der Waals surface area (Å²) >= 11 is 0. The van der Waals surface area contributed by atoms with E-state index < -0.39 is 17.1 Å². The monoisotopic (exact) mass is 448 g/mol. The van der Waals surface area contributed by atoms with Crippen LogP contribution in [0.25, 0.3) is 5.65 Å². The molecule has 2 aromatic heterocycles. The van der Waals surface area contributed by atoms with Crippen LogP contribution < -0.4 is 10.2 Å². The summed E-state index contributed by atoms with van der Waals surface area (Å²) in [5.74, 6) is 0.910. The van der Waals surface area contributed by atoms with Crippen LogP contribution in [-0.2, 0) is 16.0 Å². The number of amides is 2. The molecule has 4 rings (SSSR count). The molecule has 1 fully saturated rings. The number of nitrogens with zero attached hydrogens (tertiary/aromatic N) is 3. The number of pyridine rings is 1. The summed E-state index contributed by atoms with van der Waals surface area (Å²) in [7, 11) is 0. The molecule has 1 N–H and O–H groups in total. The molecule has 3 aromatic rings. The van der Waals surface area contributed by atoms with E-state index in [1.807, 2.05) is 80.9 Å². The van der Waals surface area contributed by atoms with Gasteiger partial charge in [0.1, 0.15) is 11.2 Å². The molecular formula is C26H32N4O3. The number of carbonyl (C=O) groups excluding carboxylic acids is 2. The van der Waals surface area contributed by atoms with E-state index in [1.165, 1.54) is 5.56 Å². The van der Waals surface area contributed by atoms with Gasteiger partial charge in [0.2, 0.25) is 5.91 Å². The lowest BCUT2D eigenvalue weighted by atomic mass is 9.99. The zero-order chi connectivity index (χ0) is 23.6. The third kappa shape index (κ3) is 5.35. The Hall–Kier alpha value is -3.35. The van der Waals surface area contributed by atoms with Crippen molar-refractivity contribution in [3.8, 4) is 0 Å². The van der Waals surface area contributed by atoms with E-state index in [0.29, 0.717) is 12.4 Å². The third-order valence-electron chi connectivity index (χ3n) is 6.10. The van der Waals surface area contributed by atoms with Gasteiger partial charge in [-0.15, -0.1) is 0 Å². The van der Waals surface area contributed by atoms with Gasteiger partial charge in [-0.25, -0.2) is 9.78 Å². The fraction of sp³-hybridized carbons (Fsp3) is 0.423. The molecule has 0 bridgehead atoms. The van der Waals surface area contributed by atoms with Crippen molar-refractivity contribution < 1.29 is 14.3 Å². The Labute approximate surface area is 194 Å². The van der Waals surface area contributed by atoms with E-state index in [-0.39, 0.29) is 18.4 Å². The van der Waals surface area contributed by atoms with E-state index in [4.69, 9.17) is 4.74 Å². The van der Waals surface area contributed by atoms with Crippen LogP contribution in [0.15, 0.2) is 60.9 Å². The van der Waals surface area contributed by atoms with E-state index >= 15 is 0 Å². The Balaban J connectivity index is 1.50. The van der Waals surface area contributed by atoms with Gasteiger partial charge in [-0.1, -0.05) is 43.3 Å². The van der Waals surface area contributed by atoms with Gasteiger partial charge in [0.05, 0.1) is 11.6 Å². The SMILES string of the molecule is CC(C)(C)OC(=O)NCCN(C(=O)[C@]1(C)C[C@@H]1Cc1ccccc1)c1cn2ccccc2n1. The van der Waals surface area contributed by atoms with Gasteiger partial charge in [-0.2, -0.15) is 0 Å². The van der Waals surface area contributed by atoms with Crippen LogP contribution in [0.3, 0.4) is 0 Å². The summed E-state index contributed by atoms with van der Waals surface area (Å²) < 4.78 is 7.22. The minimum absolute atomic E-state index is 0.0397. The highest BCUT2D eigenvalue weighted by atomic mass is 16.6. The molecule has 2 atom stereocenters. The maximum absolute atomic E-state index is 13.7. The summed E-state index contributed by atoms with van der Waals surface area (Å²) in [5.41, 5.74) is 0.988. The molecular weight excluding hydrogens is 416 g/mol. The Morgan fingerprint density at radius 3 is 2.61 bits per heavy atom. The van der Waals surface area contributed by atoms with Crippen molar-refractivity contribution in [3.05, 3.63) is 66.5 Å². The van der Waals surface area contributed by atoms with Crippen LogP contribution in [0.2, 0.25) is 0 Å². The largest absolute Gasteiger partial charge is 0.444 e. The van der Waals surface area contributed by atoms with E-state index in [2.05, 4.69) is 22.4 Å². The quantitative estimate of drug-likeness (QED) is 0.579. The Bertz CT molecular complexity index is 1100. The number of benzene rings is 1. The minimum atomic E-state index is -0.576. The number of anilines is 1. The van der Waals surface area contributed by atoms with Crippen LogP contribution in [0.4, 0.5) is 10.6 Å². The number of aromatic nitrogens is 2. The number of carbonyl (C=O) groups is 2. The molecule has 0 saturated heterocycles. The smallest absolute Gasteiger partial charge is 0.407 e. The fourth-order valence-corrected chi connectivity index (χ4v) is 4.17. The van der Waals surface area contributed by atoms with Crippen LogP contribution >= 0.6 is 0 Å². The number of fused-ring (bicyclic) bond motifs is 1. The lowest BCUT2D eigenvalue weighted by molar-refractivity contribution is -0.123. The maximum atomic E-state index is 13.7. The zero-order valence-electron chi connectivity index (χ0n) is 19.7. The normalized spacial score (nSPS) is 19.8. The number of ether oxygens (including phenoxy) is 1. The molecule has 0 unspecified atom stereocenters. The van der Waals surface area contributed by atoms with Crippen LogP contribution in [0, 0.1) is 11.3 Å². The predicted molar refractivity (Wildman–Crippen MR) is 128 cm³/mol. The predicted octanol–water partition coefficient (Wildman–Crippen LogP) is 4.46. The highest BCUT2D eigenvalue weighted by Crippen LogP contribution is 2.55. The van der Waals surface area contributed by atoms with E-state index in [1.54, 1.807) is 4.90 Å². The Morgan fingerprint density at radius 1 is 1.18 bits per heavy atom. The van der Waals surface area contributed by atoms with Gasteiger partial charge < -0.3 is 14.5 Å². The van der Waals surface area contributed by atoms with E-state index in [0.717, 1.165) is 18.5 Å². The maximum Gasteiger partial charge on any atom is 0.407 e. The van der Waals surface area contributed by atoms with Crippen molar-refractivity contribution in [2.75, 3.05) is 18.0 Å². The molecule has 174 valence electrons. The summed E-state index contributed by atoms with van der Waals surface area (Å²) in [5, 5.41) is 2.76. The third-order valence-corrected chi connectivity index (χ3v) is 6.10. The summed E-state index contributed by atoms with van der Waals surface area (Å²) in [6, 6.07) is 16.0. The first-order valence-electron chi connectivity index (χ1n) is 11.4. The molecule has 0 aliphatic heterocycles. The second-order valence-electron chi connectivity index (χ2n) is 9.96. The molecule has 33 heavy (non-hydrogen) atoms. The average molecular weight is 449 g/mol. The number of rotatable bonds is 7. The van der Waals surface area contributed by atoms with Gasteiger partial charge >= 0.3 is 6.09 Å². The van der Waals surface area contributed by atoms with Gasteiger partial charge in [0.15, 0.2) is 5.82 Å². The van der Waals surface area contributed by atoms with Crippen molar-refractivity contribution in [2.24, 2.45) is 11.3 Å². The van der Waals surface area contributed by atoms with Crippen LogP contribution in [0.5, 0.6) is 0 Å². The molecule has 1 aliphatic rings. The molecule has 1 aliphatic carbocycles. The number of hydrogen-bond acceptors (Lipinski definition) is 4. The first kappa shape index (κ1) is 22.8. The molecule has 1 aromatic carbocycles. The fourth-order valence-electron chi connectivity index (χ4n) is 4.17. The first-order chi connectivity index (χ1) is 15.7. The van der Waals surface area contributed by atoms with Crippen molar-refractivity contribution in [1.82, 2.24) is 14.7 Å². The van der Waals surface area contributed by atoms with Gasteiger partial charge in [-0.05, 0) is 57.2 Å². The first-order valence-corrected chi connectivity index (χ1v) is 11.4. The average Bonchev–Trinajstić information content (AvgIpc) is 3.22. The zero-order valence-corrected chi connectivity index (χ0v) is 19.7. The molecule has 7 heteroatoms. The van der Waals surface area contributed by atoms with E-state index in [9.17, 15) is 9.59 Å². The second-order valence-corrected chi connectivity index (χ2v) is 9.96. The Kier molecular flexibility index (Phi) is 6.15. The topological polar surface area (TPSA) is 75.9 Å². The highest BCUT2D eigenvalue weighted by Gasteiger charge is 2.57. The summed E-state index contributed by atoms with van der Waals surface area (Å²) in [4.78, 5) is 32.2. The lowest BCUT2D eigenvalue weighted by Gasteiger charge is -2.25. The number of imidazole rings is 1. The molecule has 2 heterocycles. The molecule has 0 radical (unpaired) electrons. The van der Waals surface area contributed by atoms with Gasteiger partial charge in [0.25, 0.3) is 0 Å². The van der Waals surface area contributed by atoms with Crippen LogP contribution in [0.1, 0.15) is 39.7 Å². The molecule has 1 saturated carbocycles. The minimum Gasteiger partial charge on any atom is -0.444 e. The molecule has 7 nitrogen and oxygen atoms in total. The van der Waals surface area contributed by atoms with Crippen molar-refractivity contribution >= 4 is 23.5 Å². The van der Waals surface area contributed by atoms with Crippen molar-refractivity contribution in [1.29, 1.82) is 0 Å². The number of nitrogens with one attached hydrogen (secondary N) is 1. The van der Waals surface area contributed by atoms with Gasteiger partial charge in [0, 0.05) is 19.3 Å².